The highest BCUT2D eigenvalue weighted by atomic mass is 16.3. The first-order valence-corrected chi connectivity index (χ1v) is 7.23. The number of hydrogen-bond acceptors (Lipinski definition) is 4. The number of hydrogen-bond donors (Lipinski definition) is 1. The molecule has 1 aliphatic heterocycles. The van der Waals surface area contributed by atoms with Gasteiger partial charge in [0.25, 0.3) is 0 Å². The summed E-state index contributed by atoms with van der Waals surface area (Å²) in [7, 11) is 0. The number of likely N-dealkylation sites (tertiary alicyclic amines) is 1. The number of anilines is 1. The van der Waals surface area contributed by atoms with Crippen LogP contribution in [0.15, 0.2) is 35.3 Å². The first kappa shape index (κ1) is 14.4. The average molecular weight is 302 g/mol. The zero-order valence-corrected chi connectivity index (χ0v) is 12.4. The highest BCUT2D eigenvalue weighted by Crippen LogP contribution is 2.22. The molecule has 1 atom stereocenters. The quantitative estimate of drug-likeness (QED) is 0.927. The monoisotopic (exact) mass is 302 g/mol. The van der Waals surface area contributed by atoms with Crippen LogP contribution in [0.2, 0.25) is 0 Å². The highest BCUT2D eigenvalue weighted by molar-refractivity contribution is 5.87. The molecule has 1 fully saturated rings. The number of carbonyl (C=O) groups excluding carboxylic acids is 2. The Morgan fingerprint density at radius 2 is 2.32 bits per heavy atom. The fourth-order valence-corrected chi connectivity index (χ4v) is 2.65. The maximum Gasteiger partial charge on any atom is 0.227 e. The van der Waals surface area contributed by atoms with Crippen molar-refractivity contribution in [1.29, 1.82) is 0 Å². The lowest BCUT2D eigenvalue weighted by Gasteiger charge is -2.16. The van der Waals surface area contributed by atoms with Crippen LogP contribution in [0.1, 0.15) is 24.9 Å². The van der Waals surface area contributed by atoms with Crippen molar-refractivity contribution in [2.24, 2.45) is 0 Å². The zero-order valence-electron chi connectivity index (χ0n) is 12.4. The van der Waals surface area contributed by atoms with Crippen molar-refractivity contribution < 1.29 is 14.0 Å². The van der Waals surface area contributed by atoms with E-state index in [4.69, 9.17) is 4.42 Å². The van der Waals surface area contributed by atoms with Crippen molar-refractivity contribution >= 4 is 17.6 Å². The van der Waals surface area contributed by atoms with Crippen molar-refractivity contribution in [2.75, 3.05) is 18.4 Å². The summed E-state index contributed by atoms with van der Waals surface area (Å²) in [5, 5.41) is 6.98. The Morgan fingerprint density at radius 3 is 3.05 bits per heavy atom. The number of furan rings is 1. The van der Waals surface area contributed by atoms with Crippen molar-refractivity contribution in [3.8, 4) is 0 Å². The van der Waals surface area contributed by atoms with Crippen LogP contribution >= 0.6 is 0 Å². The lowest BCUT2D eigenvalue weighted by molar-refractivity contribution is -0.129. The molecule has 0 aromatic carbocycles. The van der Waals surface area contributed by atoms with Crippen LogP contribution in [0.3, 0.4) is 0 Å². The van der Waals surface area contributed by atoms with Gasteiger partial charge in [-0.1, -0.05) is 0 Å². The summed E-state index contributed by atoms with van der Waals surface area (Å²) in [5.74, 6) is 0.488. The van der Waals surface area contributed by atoms with Gasteiger partial charge in [-0.2, -0.15) is 5.10 Å². The molecule has 22 heavy (non-hydrogen) atoms. The molecular weight excluding hydrogens is 284 g/mol. The molecule has 0 saturated carbocycles. The summed E-state index contributed by atoms with van der Waals surface area (Å²) < 4.78 is 6.80. The Kier molecular flexibility index (Phi) is 3.95. The smallest absolute Gasteiger partial charge is 0.227 e. The third kappa shape index (κ3) is 3.19. The van der Waals surface area contributed by atoms with Crippen LogP contribution in [0.25, 0.3) is 0 Å². The SMILES string of the molecule is CC(=O)Nc1ccn([C@H]2CCN(C(=O)Cc3ccoc3)C2)n1. The Bertz CT molecular complexity index is 662. The summed E-state index contributed by atoms with van der Waals surface area (Å²) in [4.78, 5) is 25.1. The Balaban J connectivity index is 1.58. The number of carbonyl (C=O) groups is 2. The van der Waals surface area contributed by atoms with Crippen molar-refractivity contribution in [3.05, 3.63) is 36.4 Å². The predicted octanol–water partition coefficient (Wildman–Crippen LogP) is 1.45. The van der Waals surface area contributed by atoms with E-state index >= 15 is 0 Å². The van der Waals surface area contributed by atoms with Gasteiger partial charge in [-0.05, 0) is 18.1 Å². The second-order valence-corrected chi connectivity index (χ2v) is 5.45. The number of nitrogens with zero attached hydrogens (tertiary/aromatic N) is 3. The minimum Gasteiger partial charge on any atom is -0.472 e. The number of nitrogens with one attached hydrogen (secondary N) is 1. The normalized spacial score (nSPS) is 17.7. The van der Waals surface area contributed by atoms with Gasteiger partial charge in [0, 0.05) is 32.3 Å². The molecule has 2 aromatic rings. The topological polar surface area (TPSA) is 80.4 Å². The number of amides is 2. The summed E-state index contributed by atoms with van der Waals surface area (Å²) in [6.45, 7) is 2.80. The molecule has 2 amide bonds. The molecule has 1 N–H and O–H groups in total. The fourth-order valence-electron chi connectivity index (χ4n) is 2.65. The van der Waals surface area contributed by atoms with Gasteiger partial charge in [0.2, 0.25) is 11.8 Å². The van der Waals surface area contributed by atoms with Crippen LogP contribution < -0.4 is 5.32 Å². The summed E-state index contributed by atoms with van der Waals surface area (Å²) in [6.07, 6.45) is 6.22. The molecule has 116 valence electrons. The van der Waals surface area contributed by atoms with E-state index in [-0.39, 0.29) is 17.9 Å². The van der Waals surface area contributed by atoms with Crippen LogP contribution in [0.4, 0.5) is 5.82 Å². The molecule has 7 nitrogen and oxygen atoms in total. The van der Waals surface area contributed by atoms with E-state index in [0.717, 1.165) is 18.5 Å². The Morgan fingerprint density at radius 1 is 1.45 bits per heavy atom. The van der Waals surface area contributed by atoms with Gasteiger partial charge in [0.1, 0.15) is 0 Å². The van der Waals surface area contributed by atoms with E-state index in [2.05, 4.69) is 10.4 Å². The molecular formula is C15H18N4O3. The van der Waals surface area contributed by atoms with Gasteiger partial charge in [0.15, 0.2) is 5.82 Å². The van der Waals surface area contributed by atoms with Crippen molar-refractivity contribution in [2.45, 2.75) is 25.8 Å². The van der Waals surface area contributed by atoms with Gasteiger partial charge in [-0.25, -0.2) is 0 Å². The molecule has 1 saturated heterocycles. The molecule has 3 heterocycles. The van der Waals surface area contributed by atoms with Crippen LogP contribution in [0.5, 0.6) is 0 Å². The molecule has 1 aliphatic rings. The second kappa shape index (κ2) is 6.05. The van der Waals surface area contributed by atoms with Crippen LogP contribution in [-0.2, 0) is 16.0 Å². The first-order valence-electron chi connectivity index (χ1n) is 7.23. The van der Waals surface area contributed by atoms with Crippen LogP contribution in [0, 0.1) is 0 Å². The number of aromatic nitrogens is 2. The van der Waals surface area contributed by atoms with E-state index in [1.54, 1.807) is 24.7 Å². The fraction of sp³-hybridized carbons (Fsp3) is 0.400. The van der Waals surface area contributed by atoms with Gasteiger partial charge >= 0.3 is 0 Å². The summed E-state index contributed by atoms with van der Waals surface area (Å²) in [5.41, 5.74) is 0.889. The summed E-state index contributed by atoms with van der Waals surface area (Å²) >= 11 is 0. The van der Waals surface area contributed by atoms with Crippen molar-refractivity contribution in [3.63, 3.8) is 0 Å². The van der Waals surface area contributed by atoms with Gasteiger partial charge < -0.3 is 14.6 Å². The molecule has 0 aliphatic carbocycles. The molecule has 3 rings (SSSR count). The molecule has 0 spiro atoms. The minimum atomic E-state index is -0.145. The van der Waals surface area contributed by atoms with Crippen LogP contribution in [-0.4, -0.2) is 39.6 Å². The zero-order chi connectivity index (χ0) is 15.5. The molecule has 0 bridgehead atoms. The van der Waals surface area contributed by atoms with Gasteiger partial charge in [-0.3, -0.25) is 14.3 Å². The Labute approximate surface area is 127 Å². The highest BCUT2D eigenvalue weighted by Gasteiger charge is 2.28. The minimum absolute atomic E-state index is 0.0955. The molecule has 2 aromatic heterocycles. The predicted molar refractivity (Wildman–Crippen MR) is 79.2 cm³/mol. The van der Waals surface area contributed by atoms with E-state index in [0.29, 0.717) is 18.8 Å². The third-order valence-electron chi connectivity index (χ3n) is 3.74. The van der Waals surface area contributed by atoms with Crippen molar-refractivity contribution in [1.82, 2.24) is 14.7 Å². The lowest BCUT2D eigenvalue weighted by atomic mass is 10.2. The Hall–Kier alpha value is -2.57. The van der Waals surface area contributed by atoms with E-state index < -0.39 is 0 Å². The largest absolute Gasteiger partial charge is 0.472 e. The summed E-state index contributed by atoms with van der Waals surface area (Å²) in [6, 6.07) is 3.71. The average Bonchev–Trinajstić information content (AvgIpc) is 3.18. The molecule has 0 unspecified atom stereocenters. The first-order chi connectivity index (χ1) is 10.6. The standard InChI is InChI=1S/C15H18N4O3/c1-11(20)16-14-3-6-19(17-14)13-2-5-18(9-13)15(21)8-12-4-7-22-10-12/h3-4,6-7,10,13H,2,5,8-9H2,1H3,(H,16,17,20)/t13-/m0/s1. The maximum absolute atomic E-state index is 12.2. The van der Waals surface area contributed by atoms with E-state index in [1.807, 2.05) is 15.8 Å². The van der Waals surface area contributed by atoms with E-state index in [1.165, 1.54) is 6.92 Å². The molecule has 7 heteroatoms. The third-order valence-corrected chi connectivity index (χ3v) is 3.74. The number of rotatable bonds is 4. The van der Waals surface area contributed by atoms with E-state index in [9.17, 15) is 9.59 Å². The van der Waals surface area contributed by atoms with Gasteiger partial charge in [-0.15, -0.1) is 0 Å². The second-order valence-electron chi connectivity index (χ2n) is 5.45. The van der Waals surface area contributed by atoms with Gasteiger partial charge in [0.05, 0.1) is 25.0 Å². The molecule has 0 radical (unpaired) electrons. The lowest BCUT2D eigenvalue weighted by Crippen LogP contribution is -2.30. The maximum atomic E-state index is 12.2.